The summed E-state index contributed by atoms with van der Waals surface area (Å²) in [6.45, 7) is 10.4. The van der Waals surface area contributed by atoms with Crippen LogP contribution < -0.4 is 15.8 Å². The van der Waals surface area contributed by atoms with Crippen molar-refractivity contribution in [3.63, 3.8) is 0 Å². The summed E-state index contributed by atoms with van der Waals surface area (Å²) in [6, 6.07) is 6.26. The molecule has 5 heterocycles. The quantitative estimate of drug-likeness (QED) is 0.389. The number of nitrogens with one attached hydrogen (secondary N) is 2. The Kier molecular flexibility index (Phi) is 7.12. The largest absolute Gasteiger partial charge is 0.381 e. The van der Waals surface area contributed by atoms with E-state index in [4.69, 9.17) is 4.74 Å². The van der Waals surface area contributed by atoms with Crippen molar-refractivity contribution >= 4 is 17.2 Å². The van der Waals surface area contributed by atoms with Crippen molar-refractivity contribution in [1.82, 2.24) is 24.3 Å². The molecule has 1 amide bonds. The normalized spacial score (nSPS) is 14.2. The molecule has 4 aromatic rings. The van der Waals surface area contributed by atoms with Crippen LogP contribution in [0.25, 0.3) is 16.8 Å². The third-order valence-corrected chi connectivity index (χ3v) is 7.52. The maximum atomic E-state index is 13.6. The van der Waals surface area contributed by atoms with E-state index in [2.05, 4.69) is 43.8 Å². The molecule has 0 aliphatic carbocycles. The molecular weight excluding hydrogens is 480 g/mol. The van der Waals surface area contributed by atoms with Crippen molar-refractivity contribution in [2.45, 2.75) is 53.1 Å². The van der Waals surface area contributed by atoms with Crippen LogP contribution in [0.2, 0.25) is 0 Å². The minimum absolute atomic E-state index is 0.165. The molecule has 0 unspecified atom stereocenters. The van der Waals surface area contributed by atoms with Gasteiger partial charge in [-0.3, -0.25) is 9.59 Å². The zero-order valence-corrected chi connectivity index (χ0v) is 22.8. The zero-order valence-electron chi connectivity index (χ0n) is 22.8. The highest BCUT2D eigenvalue weighted by Gasteiger charge is 2.27. The first-order valence-electron chi connectivity index (χ1n) is 13.2. The van der Waals surface area contributed by atoms with Crippen molar-refractivity contribution in [2.75, 3.05) is 24.7 Å². The first-order chi connectivity index (χ1) is 18.3. The summed E-state index contributed by atoms with van der Waals surface area (Å²) >= 11 is 0. The molecule has 5 rings (SSSR count). The summed E-state index contributed by atoms with van der Waals surface area (Å²) in [5, 5.41) is 3.01. The van der Waals surface area contributed by atoms with E-state index < -0.39 is 0 Å². The Hall–Kier alpha value is -3.85. The number of carbonyl (C=O) groups is 1. The van der Waals surface area contributed by atoms with Gasteiger partial charge in [0.05, 0.1) is 12.0 Å². The van der Waals surface area contributed by atoms with Crippen LogP contribution in [-0.2, 0) is 18.3 Å². The number of aromatic amines is 1. The van der Waals surface area contributed by atoms with Crippen LogP contribution >= 0.6 is 0 Å². The molecule has 9 nitrogen and oxygen atoms in total. The summed E-state index contributed by atoms with van der Waals surface area (Å²) in [7, 11) is 1.95. The Labute approximate surface area is 222 Å². The fourth-order valence-corrected chi connectivity index (χ4v) is 5.57. The molecule has 0 radical (unpaired) electrons. The Balaban J connectivity index is 1.58. The van der Waals surface area contributed by atoms with Gasteiger partial charge in [-0.25, -0.2) is 4.98 Å². The van der Waals surface area contributed by atoms with Gasteiger partial charge in [-0.15, -0.1) is 0 Å². The summed E-state index contributed by atoms with van der Waals surface area (Å²) in [4.78, 5) is 35.9. The maximum absolute atomic E-state index is 13.6. The van der Waals surface area contributed by atoms with Crippen LogP contribution in [0.1, 0.15) is 52.5 Å². The molecule has 1 aliphatic heterocycles. The predicted molar refractivity (Wildman–Crippen MR) is 149 cm³/mol. The number of amides is 1. The fourth-order valence-electron chi connectivity index (χ4n) is 5.57. The van der Waals surface area contributed by atoms with E-state index in [1.54, 1.807) is 6.33 Å². The number of aryl methyl sites for hydroxylation is 3. The summed E-state index contributed by atoms with van der Waals surface area (Å²) in [5.41, 5.74) is 6.38. The second-order valence-electron chi connectivity index (χ2n) is 10.2. The lowest BCUT2D eigenvalue weighted by Crippen LogP contribution is -2.41. The lowest BCUT2D eigenvalue weighted by molar-refractivity contribution is 0.0844. The van der Waals surface area contributed by atoms with Crippen LogP contribution in [0, 0.1) is 20.8 Å². The second kappa shape index (κ2) is 10.5. The van der Waals surface area contributed by atoms with E-state index >= 15 is 0 Å². The van der Waals surface area contributed by atoms with Crippen LogP contribution in [0.3, 0.4) is 0 Å². The number of ether oxygens (including phenoxy) is 1. The van der Waals surface area contributed by atoms with Crippen LogP contribution in [0.15, 0.2) is 41.7 Å². The van der Waals surface area contributed by atoms with Crippen LogP contribution in [0.5, 0.6) is 0 Å². The second-order valence-corrected chi connectivity index (χ2v) is 10.2. The molecule has 1 fully saturated rings. The monoisotopic (exact) mass is 516 g/mol. The standard InChI is InChI=1S/C29H36N6O3/c1-6-34(22-7-9-38-10-8-22)29-20(4)24(27(36)30-14-25-18(2)11-19(3)32-28(25)37)13-23-12-21(15-35(23)29)26-16-33(5)17-31-26/h11-13,15-17,22H,6-10,14H2,1-5H3,(H,30,36)(H,32,37). The predicted octanol–water partition coefficient (Wildman–Crippen LogP) is 3.89. The van der Waals surface area contributed by atoms with E-state index in [0.29, 0.717) is 17.2 Å². The summed E-state index contributed by atoms with van der Waals surface area (Å²) in [6.07, 6.45) is 7.77. The van der Waals surface area contributed by atoms with Gasteiger partial charge in [-0.05, 0) is 64.3 Å². The van der Waals surface area contributed by atoms with E-state index in [9.17, 15) is 9.59 Å². The lowest BCUT2D eigenvalue weighted by atomic mass is 10.0. The zero-order chi connectivity index (χ0) is 27.0. The molecular formula is C29H36N6O3. The van der Waals surface area contributed by atoms with Gasteiger partial charge in [-0.1, -0.05) is 0 Å². The average Bonchev–Trinajstić information content (AvgIpc) is 3.51. The minimum atomic E-state index is -0.200. The van der Waals surface area contributed by atoms with E-state index in [-0.39, 0.29) is 18.0 Å². The first kappa shape index (κ1) is 25.8. The molecule has 0 spiro atoms. The van der Waals surface area contributed by atoms with Crippen molar-refractivity contribution in [3.8, 4) is 11.3 Å². The molecule has 4 aromatic heterocycles. The maximum Gasteiger partial charge on any atom is 0.253 e. The molecule has 0 saturated carbocycles. The molecule has 1 aliphatic rings. The summed E-state index contributed by atoms with van der Waals surface area (Å²) in [5.74, 6) is 0.808. The van der Waals surface area contributed by atoms with Crippen molar-refractivity contribution in [1.29, 1.82) is 0 Å². The molecule has 9 heteroatoms. The van der Waals surface area contributed by atoms with E-state index in [1.165, 1.54) is 0 Å². The Bertz CT molecular complexity index is 1540. The fraction of sp³-hybridized carbons (Fsp3) is 0.414. The highest BCUT2D eigenvalue weighted by Crippen LogP contribution is 2.33. The van der Waals surface area contributed by atoms with E-state index in [1.807, 2.05) is 50.7 Å². The van der Waals surface area contributed by atoms with Crippen LogP contribution in [0.4, 0.5) is 5.82 Å². The lowest BCUT2D eigenvalue weighted by Gasteiger charge is -2.37. The highest BCUT2D eigenvalue weighted by molar-refractivity contribution is 5.98. The minimum Gasteiger partial charge on any atom is -0.381 e. The van der Waals surface area contributed by atoms with Crippen LogP contribution in [-0.4, -0.2) is 50.6 Å². The number of aromatic nitrogens is 4. The van der Waals surface area contributed by atoms with Crippen molar-refractivity contribution in [3.05, 3.63) is 75.2 Å². The Morgan fingerprint density at radius 1 is 1.18 bits per heavy atom. The first-order valence-corrected chi connectivity index (χ1v) is 13.2. The average molecular weight is 517 g/mol. The van der Waals surface area contributed by atoms with Gasteiger partial charge in [0.1, 0.15) is 5.82 Å². The number of hydrogen-bond acceptors (Lipinski definition) is 5. The molecule has 0 bridgehead atoms. The van der Waals surface area contributed by atoms with Gasteiger partial charge in [-0.2, -0.15) is 0 Å². The number of carbonyl (C=O) groups excluding carboxylic acids is 1. The van der Waals surface area contributed by atoms with Crippen molar-refractivity contribution in [2.24, 2.45) is 7.05 Å². The molecule has 200 valence electrons. The van der Waals surface area contributed by atoms with Gasteiger partial charge in [0, 0.05) is 85.3 Å². The number of hydrogen-bond donors (Lipinski definition) is 2. The van der Waals surface area contributed by atoms with Gasteiger partial charge < -0.3 is 28.9 Å². The van der Waals surface area contributed by atoms with Gasteiger partial charge in [0.15, 0.2) is 0 Å². The third kappa shape index (κ3) is 4.86. The molecule has 2 N–H and O–H groups in total. The molecule has 0 aromatic carbocycles. The van der Waals surface area contributed by atoms with Crippen molar-refractivity contribution < 1.29 is 9.53 Å². The van der Waals surface area contributed by atoms with E-state index in [0.717, 1.165) is 72.0 Å². The number of nitrogens with zero attached hydrogens (tertiary/aromatic N) is 4. The Morgan fingerprint density at radius 3 is 2.61 bits per heavy atom. The molecule has 38 heavy (non-hydrogen) atoms. The topological polar surface area (TPSA) is 96.7 Å². The highest BCUT2D eigenvalue weighted by atomic mass is 16.5. The van der Waals surface area contributed by atoms with Gasteiger partial charge in [0.2, 0.25) is 0 Å². The molecule has 0 atom stereocenters. The van der Waals surface area contributed by atoms with Gasteiger partial charge >= 0.3 is 0 Å². The number of imidazole rings is 1. The third-order valence-electron chi connectivity index (χ3n) is 7.52. The number of anilines is 1. The smallest absolute Gasteiger partial charge is 0.253 e. The SMILES string of the molecule is CCN(c1c(C)c(C(=O)NCc2c(C)cc(C)[nH]c2=O)cc2cc(-c3cn(C)cn3)cn12)C1CCOCC1. The number of rotatable bonds is 7. The number of H-pyrrole nitrogens is 1. The van der Waals surface area contributed by atoms with Gasteiger partial charge in [0.25, 0.3) is 11.5 Å². The number of pyridine rings is 2. The number of fused-ring (bicyclic) bond motifs is 1. The Morgan fingerprint density at radius 2 is 1.95 bits per heavy atom. The molecule has 1 saturated heterocycles. The summed E-state index contributed by atoms with van der Waals surface area (Å²) < 4.78 is 9.75.